The Bertz CT molecular complexity index is 869. The number of alkyl halides is 2. The lowest BCUT2D eigenvalue weighted by Crippen LogP contribution is -2.53. The average Bonchev–Trinajstić information content (AvgIpc) is 2.59. The van der Waals surface area contributed by atoms with E-state index in [2.05, 4.69) is 15.4 Å². The molecule has 6 nitrogen and oxygen atoms in total. The highest BCUT2D eigenvalue weighted by Gasteiger charge is 2.30. The van der Waals surface area contributed by atoms with Crippen LogP contribution < -0.4 is 20.3 Å². The van der Waals surface area contributed by atoms with Crippen LogP contribution in [0.1, 0.15) is 5.56 Å². The highest BCUT2D eigenvalue weighted by molar-refractivity contribution is 5.95. The van der Waals surface area contributed by atoms with E-state index in [9.17, 15) is 13.6 Å². The maximum Gasteiger partial charge on any atom is 0.345 e. The predicted molar refractivity (Wildman–Crippen MR) is 98.1 cm³/mol. The van der Waals surface area contributed by atoms with Crippen LogP contribution in [0, 0.1) is 6.92 Å². The highest BCUT2D eigenvalue weighted by Crippen LogP contribution is 2.33. The van der Waals surface area contributed by atoms with Gasteiger partial charge in [-0.3, -0.25) is 4.79 Å². The third-order valence-electron chi connectivity index (χ3n) is 4.61. The first-order valence-electron chi connectivity index (χ1n) is 8.61. The van der Waals surface area contributed by atoms with Gasteiger partial charge < -0.3 is 25.0 Å². The average molecular weight is 375 g/mol. The summed E-state index contributed by atoms with van der Waals surface area (Å²) in [5.41, 5.74) is 4.43. The van der Waals surface area contributed by atoms with E-state index in [1.54, 1.807) is 6.07 Å². The molecule has 2 aromatic rings. The van der Waals surface area contributed by atoms with E-state index in [0.717, 1.165) is 22.6 Å². The number of aryl methyl sites for hydroxylation is 1. The molecule has 1 amide bonds. The zero-order valence-electron chi connectivity index (χ0n) is 14.7. The Morgan fingerprint density at radius 1 is 1.26 bits per heavy atom. The fraction of sp³-hybridized carbons (Fsp3) is 0.316. The normalized spacial score (nSPS) is 16.4. The van der Waals surface area contributed by atoms with Crippen LogP contribution in [0.3, 0.4) is 0 Å². The van der Waals surface area contributed by atoms with Gasteiger partial charge in [-0.2, -0.15) is 8.78 Å². The van der Waals surface area contributed by atoms with Crippen molar-refractivity contribution in [2.24, 2.45) is 0 Å². The number of carbonyl (C=O) groups is 1. The quantitative estimate of drug-likeness (QED) is 0.838. The van der Waals surface area contributed by atoms with Gasteiger partial charge in [0, 0.05) is 36.2 Å². The SMILES string of the molecule is Cc1cc(N2CC(OC(F)F)C2)ccc1Nc1ccc2c(c1)OCC(=O)N2. The van der Waals surface area contributed by atoms with Crippen molar-refractivity contribution in [3.63, 3.8) is 0 Å². The summed E-state index contributed by atoms with van der Waals surface area (Å²) in [6, 6.07) is 11.4. The number of hydrogen-bond donors (Lipinski definition) is 2. The van der Waals surface area contributed by atoms with Gasteiger partial charge in [-0.25, -0.2) is 0 Å². The Labute approximate surface area is 155 Å². The largest absolute Gasteiger partial charge is 0.482 e. The lowest BCUT2D eigenvalue weighted by atomic mass is 10.1. The monoisotopic (exact) mass is 375 g/mol. The maximum atomic E-state index is 12.2. The maximum absolute atomic E-state index is 12.2. The van der Waals surface area contributed by atoms with Crippen LogP contribution in [0.2, 0.25) is 0 Å². The van der Waals surface area contributed by atoms with E-state index in [1.165, 1.54) is 0 Å². The van der Waals surface area contributed by atoms with E-state index in [4.69, 9.17) is 4.74 Å². The number of carbonyl (C=O) groups excluding carboxylic acids is 1. The summed E-state index contributed by atoms with van der Waals surface area (Å²) in [6.07, 6.45) is -0.418. The molecule has 0 saturated carbocycles. The first kappa shape index (κ1) is 17.5. The summed E-state index contributed by atoms with van der Waals surface area (Å²) >= 11 is 0. The summed E-state index contributed by atoms with van der Waals surface area (Å²) in [6.45, 7) is 0.193. The topological polar surface area (TPSA) is 62.8 Å². The Kier molecular flexibility index (Phi) is 4.57. The van der Waals surface area contributed by atoms with Crippen LogP contribution in [0.15, 0.2) is 36.4 Å². The minimum atomic E-state index is -2.72. The molecule has 0 radical (unpaired) electrons. The summed E-state index contributed by atoms with van der Waals surface area (Å²) in [5.74, 6) is 0.460. The molecule has 0 atom stereocenters. The van der Waals surface area contributed by atoms with Gasteiger partial charge in [-0.1, -0.05) is 0 Å². The smallest absolute Gasteiger partial charge is 0.345 e. The number of nitrogens with one attached hydrogen (secondary N) is 2. The van der Waals surface area contributed by atoms with E-state index in [1.807, 2.05) is 42.2 Å². The van der Waals surface area contributed by atoms with E-state index in [-0.39, 0.29) is 12.5 Å². The van der Waals surface area contributed by atoms with E-state index in [0.29, 0.717) is 24.5 Å². The van der Waals surface area contributed by atoms with E-state index >= 15 is 0 Å². The molecule has 0 aliphatic carbocycles. The lowest BCUT2D eigenvalue weighted by molar-refractivity contribution is -0.167. The van der Waals surface area contributed by atoms with Gasteiger partial charge in [0.25, 0.3) is 5.91 Å². The minimum absolute atomic E-state index is 0.0102. The van der Waals surface area contributed by atoms with Crippen molar-refractivity contribution in [1.82, 2.24) is 0 Å². The fourth-order valence-electron chi connectivity index (χ4n) is 3.17. The number of nitrogens with zero attached hydrogens (tertiary/aromatic N) is 1. The summed E-state index contributed by atoms with van der Waals surface area (Å²) in [4.78, 5) is 13.3. The van der Waals surface area contributed by atoms with Crippen molar-refractivity contribution < 1.29 is 23.0 Å². The molecule has 0 aromatic heterocycles. The molecule has 2 aliphatic heterocycles. The number of rotatable bonds is 5. The number of ether oxygens (including phenoxy) is 2. The molecule has 0 unspecified atom stereocenters. The van der Waals surface area contributed by atoms with Crippen LogP contribution in [-0.4, -0.2) is 38.3 Å². The van der Waals surface area contributed by atoms with Gasteiger partial charge in [0.15, 0.2) is 6.61 Å². The zero-order chi connectivity index (χ0) is 19.0. The molecule has 2 aromatic carbocycles. The number of anilines is 4. The number of benzene rings is 2. The van der Waals surface area contributed by atoms with Gasteiger partial charge in [0.2, 0.25) is 0 Å². The van der Waals surface area contributed by atoms with Crippen molar-refractivity contribution in [2.45, 2.75) is 19.6 Å². The van der Waals surface area contributed by atoms with E-state index < -0.39 is 12.7 Å². The lowest BCUT2D eigenvalue weighted by Gasteiger charge is -2.40. The van der Waals surface area contributed by atoms with Gasteiger partial charge >= 0.3 is 6.61 Å². The third kappa shape index (κ3) is 3.80. The van der Waals surface area contributed by atoms with Crippen molar-refractivity contribution in [3.8, 4) is 5.75 Å². The molecule has 2 N–H and O–H groups in total. The van der Waals surface area contributed by atoms with Crippen molar-refractivity contribution in [2.75, 3.05) is 35.2 Å². The van der Waals surface area contributed by atoms with Gasteiger partial charge in [0.05, 0.1) is 11.8 Å². The second-order valence-electron chi connectivity index (χ2n) is 6.60. The van der Waals surface area contributed by atoms with Crippen LogP contribution in [0.4, 0.5) is 31.5 Å². The summed E-state index contributed by atoms with van der Waals surface area (Å²) < 4.78 is 34.3. The molecule has 1 saturated heterocycles. The van der Waals surface area contributed by atoms with Crippen LogP contribution in [-0.2, 0) is 9.53 Å². The molecule has 2 aliphatic rings. The summed E-state index contributed by atoms with van der Waals surface area (Å²) in [7, 11) is 0. The molecule has 0 spiro atoms. The number of hydrogen-bond acceptors (Lipinski definition) is 5. The van der Waals surface area contributed by atoms with Crippen LogP contribution in [0.25, 0.3) is 0 Å². The van der Waals surface area contributed by atoms with Gasteiger partial charge in [0.1, 0.15) is 5.75 Å². The van der Waals surface area contributed by atoms with Crippen molar-refractivity contribution >= 4 is 28.7 Å². The number of fused-ring (bicyclic) bond motifs is 1. The molecule has 4 rings (SSSR count). The highest BCUT2D eigenvalue weighted by atomic mass is 19.3. The third-order valence-corrected chi connectivity index (χ3v) is 4.61. The molecule has 8 heteroatoms. The van der Waals surface area contributed by atoms with Crippen LogP contribution >= 0.6 is 0 Å². The Balaban J connectivity index is 1.42. The number of halogens is 2. The molecule has 27 heavy (non-hydrogen) atoms. The first-order chi connectivity index (χ1) is 13.0. The Hall–Kier alpha value is -2.87. The van der Waals surface area contributed by atoms with Gasteiger partial charge in [-0.15, -0.1) is 0 Å². The molecule has 2 heterocycles. The number of amides is 1. The minimum Gasteiger partial charge on any atom is -0.482 e. The zero-order valence-corrected chi connectivity index (χ0v) is 14.7. The molecule has 1 fully saturated rings. The second-order valence-corrected chi connectivity index (χ2v) is 6.60. The first-order valence-corrected chi connectivity index (χ1v) is 8.61. The molecular formula is C19H19F2N3O3. The van der Waals surface area contributed by atoms with Crippen molar-refractivity contribution in [3.05, 3.63) is 42.0 Å². The van der Waals surface area contributed by atoms with Gasteiger partial charge in [-0.05, 0) is 42.8 Å². The second kappa shape index (κ2) is 7.03. The standard InChI is InChI=1S/C19H19F2N3O3/c1-11-6-13(24-8-14(9-24)27-19(20)21)3-5-15(11)22-12-2-4-16-17(7-12)26-10-18(25)23-16/h2-7,14,19,22H,8-10H2,1H3,(H,23,25). The van der Waals surface area contributed by atoms with Crippen LogP contribution in [0.5, 0.6) is 5.75 Å². The predicted octanol–water partition coefficient (Wildman–Crippen LogP) is 3.50. The molecule has 142 valence electrons. The molecular weight excluding hydrogens is 356 g/mol. The summed E-state index contributed by atoms with van der Waals surface area (Å²) in [5, 5.41) is 6.09. The Morgan fingerprint density at radius 2 is 2.07 bits per heavy atom. The molecule has 0 bridgehead atoms. The fourth-order valence-corrected chi connectivity index (χ4v) is 3.17. The van der Waals surface area contributed by atoms with Crippen molar-refractivity contribution in [1.29, 1.82) is 0 Å². The Morgan fingerprint density at radius 3 is 2.81 bits per heavy atom.